The summed E-state index contributed by atoms with van der Waals surface area (Å²) in [4.78, 5) is 27.5. The van der Waals surface area contributed by atoms with Crippen LogP contribution in [-0.4, -0.2) is 41.0 Å². The van der Waals surface area contributed by atoms with E-state index in [-0.39, 0.29) is 29.1 Å². The minimum absolute atomic E-state index is 0.0464. The zero-order valence-corrected chi connectivity index (χ0v) is 19.7. The van der Waals surface area contributed by atoms with Crippen molar-refractivity contribution in [3.63, 3.8) is 0 Å². The molecule has 0 aliphatic heterocycles. The first-order chi connectivity index (χ1) is 15.3. The van der Waals surface area contributed by atoms with E-state index in [9.17, 15) is 9.59 Å². The summed E-state index contributed by atoms with van der Waals surface area (Å²) in [6.07, 6.45) is 5.68. The molecule has 0 unspecified atom stereocenters. The smallest absolute Gasteiger partial charge is 0.257 e. The number of nitrogens with zero attached hydrogens (tertiary/aromatic N) is 1. The third-order valence-electron chi connectivity index (χ3n) is 5.56. The fourth-order valence-corrected chi connectivity index (χ4v) is 4.09. The Labute approximate surface area is 195 Å². The third kappa shape index (κ3) is 6.29. The van der Waals surface area contributed by atoms with Crippen LogP contribution in [0.2, 0.25) is 0 Å². The number of para-hydroxylation sites is 1. The van der Waals surface area contributed by atoms with Crippen molar-refractivity contribution in [2.24, 2.45) is 0 Å². The van der Waals surface area contributed by atoms with Crippen LogP contribution in [0.5, 0.6) is 5.75 Å². The summed E-state index contributed by atoms with van der Waals surface area (Å²) in [7, 11) is 1.86. The van der Waals surface area contributed by atoms with Gasteiger partial charge in [-0.25, -0.2) is 0 Å². The van der Waals surface area contributed by atoms with Gasteiger partial charge in [-0.2, -0.15) is 0 Å². The summed E-state index contributed by atoms with van der Waals surface area (Å²) in [5.41, 5.74) is 1.57. The number of carbonyl (C=O) groups is 2. The van der Waals surface area contributed by atoms with Crippen molar-refractivity contribution in [2.75, 3.05) is 12.4 Å². The second kappa shape index (κ2) is 11.1. The lowest BCUT2D eigenvalue weighted by Crippen LogP contribution is -2.39. The molecule has 0 bridgehead atoms. The van der Waals surface area contributed by atoms with E-state index in [1.54, 1.807) is 36.4 Å². The van der Waals surface area contributed by atoms with Gasteiger partial charge in [0, 0.05) is 18.7 Å². The normalized spacial score (nSPS) is 14.0. The van der Waals surface area contributed by atoms with Gasteiger partial charge in [0.15, 0.2) is 5.11 Å². The van der Waals surface area contributed by atoms with Crippen LogP contribution in [-0.2, 0) is 0 Å². The average Bonchev–Trinajstić information content (AvgIpc) is 2.79. The number of hydrogen-bond donors (Lipinski definition) is 2. The molecule has 0 saturated heterocycles. The highest BCUT2D eigenvalue weighted by atomic mass is 32.1. The first kappa shape index (κ1) is 23.7. The van der Waals surface area contributed by atoms with Gasteiger partial charge in [-0.1, -0.05) is 31.4 Å². The molecule has 7 heteroatoms. The minimum atomic E-state index is -0.332. The number of carbonyl (C=O) groups excluding carboxylic acids is 2. The maximum atomic E-state index is 13.1. The second-order valence-corrected chi connectivity index (χ2v) is 8.76. The average molecular weight is 454 g/mol. The Bertz CT molecular complexity index is 953. The van der Waals surface area contributed by atoms with Gasteiger partial charge in [-0.3, -0.25) is 14.9 Å². The fraction of sp³-hybridized carbons (Fsp3) is 0.400. The minimum Gasteiger partial charge on any atom is -0.491 e. The molecule has 0 radical (unpaired) electrons. The SMILES string of the molecule is CC(C)Oc1ccc(C(=O)NC(=S)Nc2ccccc2C(=O)N(C)C2CCCCC2)cc1. The molecule has 32 heavy (non-hydrogen) atoms. The van der Waals surface area contributed by atoms with Crippen LogP contribution in [0.3, 0.4) is 0 Å². The zero-order chi connectivity index (χ0) is 23.1. The summed E-state index contributed by atoms with van der Waals surface area (Å²) < 4.78 is 5.60. The van der Waals surface area contributed by atoms with Crippen molar-refractivity contribution in [3.05, 3.63) is 59.7 Å². The Hall–Kier alpha value is -2.93. The molecule has 2 N–H and O–H groups in total. The Kier molecular flexibility index (Phi) is 8.22. The molecule has 170 valence electrons. The van der Waals surface area contributed by atoms with Crippen LogP contribution in [0.1, 0.15) is 66.7 Å². The zero-order valence-electron chi connectivity index (χ0n) is 18.9. The van der Waals surface area contributed by atoms with Crippen molar-refractivity contribution in [3.8, 4) is 5.75 Å². The highest BCUT2D eigenvalue weighted by Crippen LogP contribution is 2.25. The van der Waals surface area contributed by atoms with Gasteiger partial charge in [0.05, 0.1) is 17.4 Å². The van der Waals surface area contributed by atoms with Gasteiger partial charge in [0.2, 0.25) is 0 Å². The van der Waals surface area contributed by atoms with E-state index in [1.807, 2.05) is 37.9 Å². The summed E-state index contributed by atoms with van der Waals surface area (Å²) in [5, 5.41) is 5.83. The molecule has 0 heterocycles. The maximum Gasteiger partial charge on any atom is 0.257 e. The monoisotopic (exact) mass is 453 g/mol. The van der Waals surface area contributed by atoms with Gasteiger partial charge >= 0.3 is 0 Å². The first-order valence-corrected chi connectivity index (χ1v) is 11.5. The van der Waals surface area contributed by atoms with Crippen molar-refractivity contribution in [2.45, 2.75) is 58.1 Å². The topological polar surface area (TPSA) is 70.7 Å². The van der Waals surface area contributed by atoms with Gasteiger partial charge in [-0.05, 0) is 75.3 Å². The Morgan fingerprint density at radius 3 is 2.34 bits per heavy atom. The molecule has 1 aliphatic carbocycles. The predicted molar refractivity (Wildman–Crippen MR) is 131 cm³/mol. The number of amides is 2. The number of ether oxygens (including phenoxy) is 1. The van der Waals surface area contributed by atoms with Crippen molar-refractivity contribution >= 4 is 34.8 Å². The van der Waals surface area contributed by atoms with Crippen LogP contribution in [0.25, 0.3) is 0 Å². The lowest BCUT2D eigenvalue weighted by atomic mass is 9.94. The number of rotatable bonds is 6. The molecule has 6 nitrogen and oxygen atoms in total. The number of nitrogens with one attached hydrogen (secondary N) is 2. The van der Waals surface area contributed by atoms with Gasteiger partial charge < -0.3 is 15.0 Å². The largest absolute Gasteiger partial charge is 0.491 e. The molecule has 0 atom stereocenters. The molecule has 2 aromatic carbocycles. The van der Waals surface area contributed by atoms with E-state index < -0.39 is 0 Å². The van der Waals surface area contributed by atoms with E-state index >= 15 is 0 Å². The summed E-state index contributed by atoms with van der Waals surface area (Å²) in [5.74, 6) is 0.323. The van der Waals surface area contributed by atoms with E-state index in [2.05, 4.69) is 10.6 Å². The summed E-state index contributed by atoms with van der Waals surface area (Å²) in [6, 6.07) is 14.4. The lowest BCUT2D eigenvalue weighted by Gasteiger charge is -2.31. The standard InChI is InChI=1S/C25H31N3O3S/c1-17(2)31-20-15-13-18(14-16-20)23(29)27-25(32)26-22-12-8-7-11-21(22)24(30)28(3)19-9-5-4-6-10-19/h7-8,11-17,19H,4-6,9-10H2,1-3H3,(H2,26,27,29,32). The van der Waals surface area contributed by atoms with E-state index in [1.165, 1.54) is 6.42 Å². The fourth-order valence-electron chi connectivity index (χ4n) is 3.89. The maximum absolute atomic E-state index is 13.1. The van der Waals surface area contributed by atoms with E-state index in [0.29, 0.717) is 22.6 Å². The lowest BCUT2D eigenvalue weighted by molar-refractivity contribution is 0.0697. The molecule has 1 saturated carbocycles. The molecule has 1 fully saturated rings. The van der Waals surface area contributed by atoms with Crippen molar-refractivity contribution in [1.29, 1.82) is 0 Å². The third-order valence-corrected chi connectivity index (χ3v) is 5.77. The Morgan fingerprint density at radius 2 is 1.69 bits per heavy atom. The number of anilines is 1. The number of hydrogen-bond acceptors (Lipinski definition) is 4. The molecule has 0 spiro atoms. The highest BCUT2D eigenvalue weighted by Gasteiger charge is 2.24. The van der Waals surface area contributed by atoms with Crippen LogP contribution in [0, 0.1) is 0 Å². The van der Waals surface area contributed by atoms with Gasteiger partial charge in [-0.15, -0.1) is 0 Å². The Morgan fingerprint density at radius 1 is 1.03 bits per heavy atom. The van der Waals surface area contributed by atoms with Crippen molar-refractivity contribution in [1.82, 2.24) is 10.2 Å². The first-order valence-electron chi connectivity index (χ1n) is 11.1. The quantitative estimate of drug-likeness (QED) is 0.602. The molecular formula is C25H31N3O3S. The van der Waals surface area contributed by atoms with Crippen LogP contribution >= 0.6 is 12.2 Å². The van der Waals surface area contributed by atoms with Crippen LogP contribution < -0.4 is 15.4 Å². The molecule has 0 aromatic heterocycles. The number of thiocarbonyl (C=S) groups is 1. The molecule has 2 amide bonds. The summed E-state index contributed by atoms with van der Waals surface area (Å²) in [6.45, 7) is 3.89. The van der Waals surface area contributed by atoms with Crippen LogP contribution in [0.15, 0.2) is 48.5 Å². The van der Waals surface area contributed by atoms with Crippen molar-refractivity contribution < 1.29 is 14.3 Å². The Balaban J connectivity index is 1.64. The molecule has 3 rings (SSSR count). The molecule has 2 aromatic rings. The molecule has 1 aliphatic rings. The van der Waals surface area contributed by atoms with Gasteiger partial charge in [0.25, 0.3) is 11.8 Å². The second-order valence-electron chi connectivity index (χ2n) is 8.35. The molecular weight excluding hydrogens is 422 g/mol. The van der Waals surface area contributed by atoms with Gasteiger partial charge in [0.1, 0.15) is 5.75 Å². The predicted octanol–water partition coefficient (Wildman–Crippen LogP) is 5.01. The number of benzene rings is 2. The van der Waals surface area contributed by atoms with E-state index in [4.69, 9.17) is 17.0 Å². The van der Waals surface area contributed by atoms with E-state index in [0.717, 1.165) is 25.7 Å². The highest BCUT2D eigenvalue weighted by molar-refractivity contribution is 7.80. The summed E-state index contributed by atoms with van der Waals surface area (Å²) >= 11 is 5.34. The van der Waals surface area contributed by atoms with Crippen LogP contribution in [0.4, 0.5) is 5.69 Å².